The van der Waals surface area contributed by atoms with Crippen molar-refractivity contribution in [3.05, 3.63) is 0 Å². The SMILES string of the molecule is CC(C)NC(C)(C#N)CSC1CCOC1C. The van der Waals surface area contributed by atoms with Crippen LogP contribution in [0, 0.1) is 11.3 Å². The van der Waals surface area contributed by atoms with Gasteiger partial charge in [-0.1, -0.05) is 0 Å². The van der Waals surface area contributed by atoms with E-state index in [1.165, 1.54) is 0 Å². The highest BCUT2D eigenvalue weighted by Gasteiger charge is 2.30. The monoisotopic (exact) mass is 242 g/mol. The lowest BCUT2D eigenvalue weighted by Gasteiger charge is -2.27. The minimum atomic E-state index is -0.429. The van der Waals surface area contributed by atoms with Crippen molar-refractivity contribution in [3.63, 3.8) is 0 Å². The fraction of sp³-hybridized carbons (Fsp3) is 0.917. The molecule has 0 aliphatic carbocycles. The van der Waals surface area contributed by atoms with Gasteiger partial charge >= 0.3 is 0 Å². The number of hydrogen-bond acceptors (Lipinski definition) is 4. The second kappa shape index (κ2) is 5.90. The zero-order valence-electron chi connectivity index (χ0n) is 10.6. The Balaban J connectivity index is 2.42. The Morgan fingerprint density at radius 3 is 2.75 bits per heavy atom. The summed E-state index contributed by atoms with van der Waals surface area (Å²) in [7, 11) is 0. The van der Waals surface area contributed by atoms with Crippen LogP contribution in [0.3, 0.4) is 0 Å². The molecule has 1 saturated heterocycles. The number of hydrogen-bond donors (Lipinski definition) is 1. The maximum atomic E-state index is 9.22. The van der Waals surface area contributed by atoms with E-state index in [2.05, 4.69) is 32.2 Å². The Morgan fingerprint density at radius 2 is 2.31 bits per heavy atom. The standard InChI is InChI=1S/C12H22N2OS/c1-9(2)14-12(4,7-13)8-16-11-5-6-15-10(11)3/h9-11,14H,5-6,8H2,1-4H3. The molecular weight excluding hydrogens is 220 g/mol. The Morgan fingerprint density at radius 1 is 1.62 bits per heavy atom. The number of ether oxygens (including phenoxy) is 1. The molecule has 3 unspecified atom stereocenters. The van der Waals surface area contributed by atoms with Crippen molar-refractivity contribution in [1.29, 1.82) is 5.26 Å². The summed E-state index contributed by atoms with van der Waals surface area (Å²) in [5.41, 5.74) is -0.429. The number of nitriles is 1. The van der Waals surface area contributed by atoms with Gasteiger partial charge in [-0.15, -0.1) is 0 Å². The molecule has 1 heterocycles. The second-order valence-electron chi connectivity index (χ2n) is 4.96. The summed E-state index contributed by atoms with van der Waals surface area (Å²) in [6, 6.07) is 2.71. The molecule has 0 saturated carbocycles. The van der Waals surface area contributed by atoms with Gasteiger partial charge in [0.1, 0.15) is 5.54 Å². The first-order valence-corrected chi connectivity index (χ1v) is 6.94. The number of rotatable bonds is 5. The van der Waals surface area contributed by atoms with Crippen LogP contribution in [0.15, 0.2) is 0 Å². The van der Waals surface area contributed by atoms with E-state index < -0.39 is 5.54 Å². The van der Waals surface area contributed by atoms with E-state index in [9.17, 15) is 5.26 Å². The van der Waals surface area contributed by atoms with E-state index in [4.69, 9.17) is 4.74 Å². The number of thioether (sulfide) groups is 1. The van der Waals surface area contributed by atoms with Crippen LogP contribution >= 0.6 is 11.8 Å². The van der Waals surface area contributed by atoms with Gasteiger partial charge in [-0.3, -0.25) is 5.32 Å². The molecule has 0 aromatic carbocycles. The summed E-state index contributed by atoms with van der Waals surface area (Å²) in [5, 5.41) is 13.1. The van der Waals surface area contributed by atoms with Crippen LogP contribution in [0.4, 0.5) is 0 Å². The zero-order valence-corrected chi connectivity index (χ0v) is 11.4. The normalized spacial score (nSPS) is 29.0. The number of nitrogens with zero attached hydrogens (tertiary/aromatic N) is 1. The molecule has 0 spiro atoms. The first kappa shape index (κ1) is 13.8. The highest BCUT2D eigenvalue weighted by molar-refractivity contribution is 8.00. The minimum Gasteiger partial charge on any atom is -0.377 e. The Kier molecular flexibility index (Phi) is 5.10. The molecule has 1 aliphatic rings. The number of nitrogens with one attached hydrogen (secondary N) is 1. The van der Waals surface area contributed by atoms with Crippen molar-refractivity contribution in [2.24, 2.45) is 0 Å². The first-order chi connectivity index (χ1) is 7.47. The van der Waals surface area contributed by atoms with Gasteiger partial charge < -0.3 is 4.74 Å². The largest absolute Gasteiger partial charge is 0.377 e. The van der Waals surface area contributed by atoms with Gasteiger partial charge in [-0.25, -0.2) is 0 Å². The Bertz CT molecular complexity index is 264. The highest BCUT2D eigenvalue weighted by Crippen LogP contribution is 2.28. The van der Waals surface area contributed by atoms with Crippen molar-refractivity contribution in [3.8, 4) is 6.07 Å². The lowest BCUT2D eigenvalue weighted by atomic mass is 10.1. The molecule has 1 aliphatic heterocycles. The van der Waals surface area contributed by atoms with E-state index in [1.807, 2.05) is 18.7 Å². The van der Waals surface area contributed by atoms with Crippen molar-refractivity contribution < 1.29 is 4.74 Å². The summed E-state index contributed by atoms with van der Waals surface area (Å²) in [6.07, 6.45) is 1.43. The Labute approximate surface area is 103 Å². The second-order valence-corrected chi connectivity index (χ2v) is 6.18. The van der Waals surface area contributed by atoms with E-state index in [-0.39, 0.29) is 0 Å². The molecule has 1 rings (SSSR count). The first-order valence-electron chi connectivity index (χ1n) is 5.89. The summed E-state index contributed by atoms with van der Waals surface area (Å²) in [4.78, 5) is 0. The van der Waals surface area contributed by atoms with Gasteiger partial charge in [-0.2, -0.15) is 17.0 Å². The van der Waals surface area contributed by atoms with E-state index in [1.54, 1.807) is 0 Å². The topological polar surface area (TPSA) is 45.0 Å². The predicted molar refractivity (Wildman–Crippen MR) is 68.6 cm³/mol. The molecule has 16 heavy (non-hydrogen) atoms. The molecule has 92 valence electrons. The molecule has 0 radical (unpaired) electrons. The van der Waals surface area contributed by atoms with Crippen LogP contribution in [0.1, 0.15) is 34.1 Å². The van der Waals surface area contributed by atoms with Gasteiger partial charge in [0, 0.05) is 23.7 Å². The van der Waals surface area contributed by atoms with Crippen molar-refractivity contribution in [2.75, 3.05) is 12.4 Å². The smallest absolute Gasteiger partial charge is 0.113 e. The fourth-order valence-corrected chi connectivity index (χ4v) is 3.26. The van der Waals surface area contributed by atoms with Crippen LogP contribution in [0.2, 0.25) is 0 Å². The third-order valence-electron chi connectivity index (χ3n) is 2.75. The van der Waals surface area contributed by atoms with Crippen molar-refractivity contribution in [1.82, 2.24) is 5.32 Å². The summed E-state index contributed by atoms with van der Waals surface area (Å²) in [6.45, 7) is 9.09. The third-order valence-corrected chi connectivity index (χ3v) is 4.54. The zero-order chi connectivity index (χ0) is 12.2. The van der Waals surface area contributed by atoms with Gasteiger partial charge in [-0.05, 0) is 34.1 Å². The summed E-state index contributed by atoms with van der Waals surface area (Å²) < 4.78 is 5.52. The summed E-state index contributed by atoms with van der Waals surface area (Å²) >= 11 is 1.86. The quantitative estimate of drug-likeness (QED) is 0.802. The van der Waals surface area contributed by atoms with Crippen LogP contribution in [-0.4, -0.2) is 35.3 Å². The average Bonchev–Trinajstić information content (AvgIpc) is 2.60. The molecule has 0 amide bonds. The summed E-state index contributed by atoms with van der Waals surface area (Å²) in [5.74, 6) is 0.819. The fourth-order valence-electron chi connectivity index (χ4n) is 1.95. The van der Waals surface area contributed by atoms with Gasteiger partial charge in [0.05, 0.1) is 12.2 Å². The maximum Gasteiger partial charge on any atom is 0.113 e. The average molecular weight is 242 g/mol. The predicted octanol–water partition coefficient (Wildman–Crippen LogP) is 2.18. The van der Waals surface area contributed by atoms with Gasteiger partial charge in [0.25, 0.3) is 0 Å². The molecule has 1 N–H and O–H groups in total. The van der Waals surface area contributed by atoms with Crippen LogP contribution in [-0.2, 0) is 4.74 Å². The molecule has 0 bridgehead atoms. The maximum absolute atomic E-state index is 9.22. The highest BCUT2D eigenvalue weighted by atomic mass is 32.2. The molecule has 4 heteroatoms. The Hall–Kier alpha value is -0.240. The van der Waals surface area contributed by atoms with E-state index >= 15 is 0 Å². The lowest BCUT2D eigenvalue weighted by Crippen LogP contribution is -2.47. The van der Waals surface area contributed by atoms with E-state index in [0.29, 0.717) is 17.4 Å². The molecule has 3 atom stereocenters. The third kappa shape index (κ3) is 3.97. The van der Waals surface area contributed by atoms with Crippen LogP contribution < -0.4 is 5.32 Å². The lowest BCUT2D eigenvalue weighted by molar-refractivity contribution is 0.127. The van der Waals surface area contributed by atoms with E-state index in [0.717, 1.165) is 18.8 Å². The van der Waals surface area contributed by atoms with Gasteiger partial charge in [0.2, 0.25) is 0 Å². The van der Waals surface area contributed by atoms with Crippen LogP contribution in [0.25, 0.3) is 0 Å². The molecule has 3 nitrogen and oxygen atoms in total. The molecule has 0 aromatic rings. The van der Waals surface area contributed by atoms with Crippen LogP contribution in [0.5, 0.6) is 0 Å². The van der Waals surface area contributed by atoms with Gasteiger partial charge in [0.15, 0.2) is 0 Å². The molecular formula is C12H22N2OS. The molecule has 0 aromatic heterocycles. The molecule has 1 fully saturated rings. The van der Waals surface area contributed by atoms with Crippen molar-refractivity contribution in [2.45, 2.75) is 57.1 Å². The van der Waals surface area contributed by atoms with Crippen molar-refractivity contribution >= 4 is 11.8 Å². The minimum absolute atomic E-state index is 0.326.